The van der Waals surface area contributed by atoms with Crippen LogP contribution in [0.5, 0.6) is 0 Å². The van der Waals surface area contributed by atoms with Crippen molar-refractivity contribution >= 4 is 57.5 Å². The fourth-order valence-corrected chi connectivity index (χ4v) is 5.94. The SMILES string of the molecule is COC(=O)c1c(-c2ccc(C)cc2)csc1NC(=O)C(Sc1cccc(NC(=O)/C=C/C(=O)O)c1)c1ccccc1. The number of methoxy groups -OCH3 is 1. The van der Waals surface area contributed by atoms with E-state index in [0.717, 1.165) is 28.8 Å². The molecule has 10 heteroatoms. The third-order valence-electron chi connectivity index (χ3n) is 5.85. The normalized spacial score (nSPS) is 11.6. The molecule has 41 heavy (non-hydrogen) atoms. The van der Waals surface area contributed by atoms with Gasteiger partial charge in [0.15, 0.2) is 0 Å². The number of aliphatic carboxylic acids is 1. The lowest BCUT2D eigenvalue weighted by atomic mass is 10.0. The molecule has 0 aliphatic heterocycles. The first-order valence-corrected chi connectivity index (χ1v) is 14.1. The Labute approximate surface area is 245 Å². The van der Waals surface area contributed by atoms with Crippen molar-refractivity contribution in [3.8, 4) is 11.1 Å². The summed E-state index contributed by atoms with van der Waals surface area (Å²) in [4.78, 5) is 50.0. The third-order valence-corrected chi connectivity index (χ3v) is 8.00. The molecule has 8 nitrogen and oxygen atoms in total. The number of rotatable bonds is 10. The number of carboxylic acid groups (broad SMARTS) is 1. The van der Waals surface area contributed by atoms with E-state index in [1.807, 2.05) is 66.9 Å². The Balaban J connectivity index is 1.62. The van der Waals surface area contributed by atoms with Crippen LogP contribution in [0, 0.1) is 6.92 Å². The zero-order valence-electron chi connectivity index (χ0n) is 22.1. The van der Waals surface area contributed by atoms with Gasteiger partial charge in [0.2, 0.25) is 11.8 Å². The summed E-state index contributed by atoms with van der Waals surface area (Å²) < 4.78 is 5.06. The van der Waals surface area contributed by atoms with Gasteiger partial charge >= 0.3 is 11.9 Å². The maximum absolute atomic E-state index is 13.8. The molecule has 0 saturated carbocycles. The van der Waals surface area contributed by atoms with Crippen LogP contribution in [-0.4, -0.2) is 36.0 Å². The van der Waals surface area contributed by atoms with E-state index in [1.54, 1.807) is 24.3 Å². The van der Waals surface area contributed by atoms with E-state index in [0.29, 0.717) is 21.1 Å². The van der Waals surface area contributed by atoms with Gasteiger partial charge in [-0.25, -0.2) is 9.59 Å². The molecule has 0 spiro atoms. The van der Waals surface area contributed by atoms with E-state index in [4.69, 9.17) is 9.84 Å². The van der Waals surface area contributed by atoms with Gasteiger partial charge in [-0.3, -0.25) is 9.59 Å². The Morgan fingerprint density at radius 1 is 0.927 bits per heavy atom. The lowest BCUT2D eigenvalue weighted by molar-refractivity contribution is -0.131. The summed E-state index contributed by atoms with van der Waals surface area (Å²) in [5, 5.41) is 15.8. The fraction of sp³-hybridized carbons (Fsp3) is 0.0968. The summed E-state index contributed by atoms with van der Waals surface area (Å²) in [6, 6.07) is 23.8. The number of benzene rings is 3. The number of carbonyl (C=O) groups excluding carboxylic acids is 3. The van der Waals surface area contributed by atoms with Gasteiger partial charge < -0.3 is 20.5 Å². The van der Waals surface area contributed by atoms with Gasteiger partial charge in [0.25, 0.3) is 0 Å². The summed E-state index contributed by atoms with van der Waals surface area (Å²) in [5.74, 6) is -2.72. The summed E-state index contributed by atoms with van der Waals surface area (Å²) in [7, 11) is 1.30. The van der Waals surface area contributed by atoms with Crippen LogP contribution in [0.25, 0.3) is 11.1 Å². The Morgan fingerprint density at radius 2 is 1.66 bits per heavy atom. The van der Waals surface area contributed by atoms with Gasteiger partial charge in [0.05, 0.1) is 7.11 Å². The van der Waals surface area contributed by atoms with E-state index >= 15 is 0 Å². The highest BCUT2D eigenvalue weighted by atomic mass is 32.2. The number of thioether (sulfide) groups is 1. The monoisotopic (exact) mass is 586 g/mol. The van der Waals surface area contributed by atoms with Crippen LogP contribution < -0.4 is 10.6 Å². The molecule has 3 N–H and O–H groups in total. The number of esters is 1. The van der Waals surface area contributed by atoms with Gasteiger partial charge in [0.1, 0.15) is 15.8 Å². The van der Waals surface area contributed by atoms with Gasteiger partial charge in [-0.1, -0.05) is 66.2 Å². The zero-order chi connectivity index (χ0) is 29.4. The molecule has 2 amide bonds. The highest BCUT2D eigenvalue weighted by Crippen LogP contribution is 2.40. The first kappa shape index (κ1) is 29.3. The topological polar surface area (TPSA) is 122 Å². The first-order chi connectivity index (χ1) is 19.7. The Morgan fingerprint density at radius 3 is 2.34 bits per heavy atom. The van der Waals surface area contributed by atoms with Crippen molar-refractivity contribution in [3.05, 3.63) is 113 Å². The van der Waals surface area contributed by atoms with Gasteiger partial charge in [0, 0.05) is 33.7 Å². The van der Waals surface area contributed by atoms with Crippen LogP contribution in [0.4, 0.5) is 10.7 Å². The number of aryl methyl sites for hydroxylation is 1. The maximum atomic E-state index is 13.8. The fourth-order valence-electron chi connectivity index (χ4n) is 3.89. The third kappa shape index (κ3) is 7.71. The molecule has 1 heterocycles. The lowest BCUT2D eigenvalue weighted by Crippen LogP contribution is -2.20. The number of thiophene rings is 1. The minimum Gasteiger partial charge on any atom is -0.478 e. The van der Waals surface area contributed by atoms with E-state index in [1.165, 1.54) is 30.2 Å². The van der Waals surface area contributed by atoms with E-state index < -0.39 is 23.1 Å². The molecule has 3 aromatic carbocycles. The molecule has 0 aliphatic rings. The average molecular weight is 587 g/mol. The predicted octanol–water partition coefficient (Wildman–Crippen LogP) is 6.56. The van der Waals surface area contributed by atoms with Crippen LogP contribution in [0.2, 0.25) is 0 Å². The highest BCUT2D eigenvalue weighted by Gasteiger charge is 2.27. The molecular formula is C31H26N2O6S2. The number of carboxylic acids is 1. The molecule has 208 valence electrons. The second-order valence-corrected chi connectivity index (χ2v) is 10.9. The van der Waals surface area contributed by atoms with Crippen molar-refractivity contribution in [2.24, 2.45) is 0 Å². The summed E-state index contributed by atoms with van der Waals surface area (Å²) >= 11 is 2.51. The van der Waals surface area contributed by atoms with Crippen molar-refractivity contribution in [3.63, 3.8) is 0 Å². The first-order valence-electron chi connectivity index (χ1n) is 12.4. The number of nitrogens with one attached hydrogen (secondary N) is 2. The van der Waals surface area contributed by atoms with Crippen molar-refractivity contribution in [1.29, 1.82) is 0 Å². The van der Waals surface area contributed by atoms with Crippen molar-refractivity contribution in [2.75, 3.05) is 17.7 Å². The molecule has 0 saturated heterocycles. The minimum atomic E-state index is -1.23. The average Bonchev–Trinajstić information content (AvgIpc) is 3.38. The van der Waals surface area contributed by atoms with E-state index in [9.17, 15) is 19.2 Å². The quantitative estimate of drug-likeness (QED) is 0.109. The summed E-state index contributed by atoms with van der Waals surface area (Å²) in [6.45, 7) is 1.98. The second-order valence-electron chi connectivity index (χ2n) is 8.80. The number of anilines is 2. The van der Waals surface area contributed by atoms with E-state index in [-0.39, 0.29) is 11.5 Å². The van der Waals surface area contributed by atoms with Crippen LogP contribution in [0.15, 0.2) is 101 Å². The Hall–Kier alpha value is -4.67. The van der Waals surface area contributed by atoms with Gasteiger partial charge in [-0.2, -0.15) is 0 Å². The maximum Gasteiger partial charge on any atom is 0.341 e. The van der Waals surface area contributed by atoms with Crippen molar-refractivity contribution < 1.29 is 29.0 Å². The molecule has 1 atom stereocenters. The van der Waals surface area contributed by atoms with Crippen LogP contribution in [0.1, 0.15) is 26.7 Å². The molecule has 1 aromatic heterocycles. The number of carbonyl (C=O) groups is 4. The van der Waals surface area contributed by atoms with Gasteiger partial charge in [-0.05, 0) is 36.2 Å². The van der Waals surface area contributed by atoms with Crippen LogP contribution in [-0.2, 0) is 19.1 Å². The lowest BCUT2D eigenvalue weighted by Gasteiger charge is -2.18. The van der Waals surface area contributed by atoms with Crippen molar-refractivity contribution in [2.45, 2.75) is 17.1 Å². The van der Waals surface area contributed by atoms with Crippen LogP contribution in [0.3, 0.4) is 0 Å². The second kappa shape index (κ2) is 13.6. The van der Waals surface area contributed by atoms with E-state index in [2.05, 4.69) is 10.6 Å². The molecule has 4 rings (SSSR count). The zero-order valence-corrected chi connectivity index (χ0v) is 23.8. The summed E-state index contributed by atoms with van der Waals surface area (Å²) in [5.41, 5.74) is 4.05. The molecule has 0 bridgehead atoms. The standard InChI is InChI=1S/C31H26N2O6S2/c1-19-11-13-20(14-12-19)24-18-40-30(27(24)31(38)39-2)33-29(37)28(21-7-4-3-5-8-21)41-23-10-6-9-22(17-23)32-25(34)15-16-26(35)36/h3-18,28H,1-2H3,(H,32,34)(H,33,37)(H,35,36)/b16-15+. The van der Waals surface area contributed by atoms with Gasteiger partial charge in [-0.15, -0.1) is 23.1 Å². The highest BCUT2D eigenvalue weighted by molar-refractivity contribution is 8.00. The minimum absolute atomic E-state index is 0.283. The largest absolute Gasteiger partial charge is 0.478 e. The van der Waals surface area contributed by atoms with Crippen LogP contribution >= 0.6 is 23.1 Å². The number of ether oxygens (including phenoxy) is 1. The molecular weight excluding hydrogens is 560 g/mol. The predicted molar refractivity (Wildman–Crippen MR) is 161 cm³/mol. The Bertz CT molecular complexity index is 1600. The summed E-state index contributed by atoms with van der Waals surface area (Å²) in [6.07, 6.45) is 1.67. The molecule has 0 radical (unpaired) electrons. The smallest absolute Gasteiger partial charge is 0.341 e. The molecule has 1 unspecified atom stereocenters. The number of hydrogen-bond donors (Lipinski definition) is 3. The van der Waals surface area contributed by atoms with Crippen molar-refractivity contribution in [1.82, 2.24) is 0 Å². The molecule has 4 aromatic rings. The number of amides is 2. The Kier molecular flexibility index (Phi) is 9.73. The number of hydrogen-bond acceptors (Lipinski definition) is 7. The molecule has 0 fully saturated rings. The molecule has 0 aliphatic carbocycles.